The third kappa shape index (κ3) is 53.3. The standard InChI is InChI=1S/C19H35N3.C17H27N3.C15H27N3.C13H29N3.C11H19N3.C7H17N3.C7H11N3.C6H13N3O.C6H15N3/c1-14(2)21(15(3)4)12-18-10-9-11-19(20-18)13-22(16(5)6)17(7)8;1-3-10-19(11-4-1)14-16-8-7-9-17(18-16)15-20-12-5-2-6-13-20;1-5-17(6-2)12-14-10-9-11-15(16-14)13-18(7-3)8-4;1-11(2)14-7-8-15(12(3)4)10-16(9-14)13(5)6;1-13(2)8-10-6-5-7-11(12-10)9-14(3)4;1-8-4-5-9(2)7-10(3)6-8;8-4-6-2-1-3-7(5-9)10-6;1-6(10)9-4-7-2-3-8-5-9;1-8-4-3-7-5-9(2)6-8/h9-11,14-17H,12-13H2,1-8H3;7-9H,1-6,10-15H2;9-11H,5-8,12-13H2,1-4H3;11-13H,7-10H2,1-6H3;5-7H,8-9H2,1-4H3;4-7H2,1-3H3;1-3H,4-5,8-9H2;7-8H,2-5H2,1H3;7H,3-6H2,1-2H3. The lowest BCUT2D eigenvalue weighted by molar-refractivity contribution is -0.129. The Balaban J connectivity index is 0.000000380. The highest BCUT2D eigenvalue weighted by molar-refractivity contribution is 5.73. The van der Waals surface area contributed by atoms with Crippen LogP contribution in [0.4, 0.5) is 0 Å². The first-order valence-corrected chi connectivity index (χ1v) is 49.4. The third-order valence-electron chi connectivity index (χ3n) is 23.8. The van der Waals surface area contributed by atoms with E-state index < -0.39 is 0 Å². The summed E-state index contributed by atoms with van der Waals surface area (Å²) in [5.41, 5.74) is 22.0. The van der Waals surface area contributed by atoms with Crippen LogP contribution in [-0.2, 0) is 70.2 Å². The Morgan fingerprint density at radius 1 is 0.341 bits per heavy atom. The van der Waals surface area contributed by atoms with Gasteiger partial charge >= 0.3 is 0 Å². The molecule has 7 N–H and O–H groups in total. The minimum absolute atomic E-state index is 0.113. The summed E-state index contributed by atoms with van der Waals surface area (Å²) in [7, 11) is 19.0. The lowest BCUT2D eigenvalue weighted by Gasteiger charge is -2.33. The number of nitrogens with two attached hydrogens (primary N) is 2. The number of amides is 1. The van der Waals surface area contributed by atoms with Gasteiger partial charge in [0.25, 0.3) is 0 Å². The summed E-state index contributed by atoms with van der Waals surface area (Å²) in [5.74, 6) is 0.113. The summed E-state index contributed by atoms with van der Waals surface area (Å²) < 4.78 is 0. The SMILES string of the molecule is CC(=O)N1CNCCNC1.CC(C)N(Cc1cccc(CN(C(C)C)C(C)C)n1)C(C)C.CC(C)N1CCN(C(C)C)CN(C(C)C)C1.CCN(CC)Cc1cccc(CN(CC)CC)n1.CN(C)Cc1cccc(CN(C)C)n1.CN1CCN(C)CN(C)C1.CN1CCNCN(C)C1.NCc1cccc(CN)n1.c1cc(CN2CCCCC2)nc(CN2CCCCC2)c1. The van der Waals surface area contributed by atoms with Crippen LogP contribution in [0, 0.1) is 0 Å². The molecule has 6 fully saturated rings. The molecule has 28 heteroatoms. The van der Waals surface area contributed by atoms with E-state index in [0.717, 1.165) is 168 Å². The van der Waals surface area contributed by atoms with Crippen molar-refractivity contribution in [2.24, 2.45) is 11.5 Å². The Labute approximate surface area is 789 Å². The number of likely N-dealkylation sites (N-methyl/N-ethyl adjacent to an activating group) is 3. The zero-order valence-corrected chi connectivity index (χ0v) is 87.4. The number of likely N-dealkylation sites (tertiary alicyclic amines) is 2. The van der Waals surface area contributed by atoms with Gasteiger partial charge in [-0.2, -0.15) is 0 Å². The molecule has 0 unspecified atom stereocenters. The van der Waals surface area contributed by atoms with Gasteiger partial charge in [0.05, 0.1) is 104 Å². The van der Waals surface area contributed by atoms with Crippen LogP contribution in [0.25, 0.3) is 0 Å². The number of pyridine rings is 5. The van der Waals surface area contributed by atoms with E-state index >= 15 is 0 Å². The first-order chi connectivity index (χ1) is 61.5. The molecule has 28 nitrogen and oxygen atoms in total. The fraction of sp³-hybridized carbons (Fsp3) is 0.743. The second-order valence-corrected chi connectivity index (χ2v) is 38.5. The van der Waals surface area contributed by atoms with E-state index in [9.17, 15) is 4.79 Å². The van der Waals surface area contributed by atoms with Gasteiger partial charge in [0.2, 0.25) is 5.91 Å². The molecule has 6 aliphatic heterocycles. The summed E-state index contributed by atoms with van der Waals surface area (Å²) in [5, 5.41) is 9.55. The van der Waals surface area contributed by atoms with E-state index in [4.69, 9.17) is 26.4 Å². The summed E-state index contributed by atoms with van der Waals surface area (Å²) in [6.45, 7) is 76.8. The number of nitrogens with one attached hydrogen (secondary N) is 3. The number of aromatic nitrogens is 5. The largest absolute Gasteiger partial charge is 0.325 e. The Morgan fingerprint density at radius 3 is 0.953 bits per heavy atom. The predicted octanol–water partition coefficient (Wildman–Crippen LogP) is 11.4. The normalized spacial score (nSPS) is 17.4. The number of hydrogen-bond donors (Lipinski definition) is 5. The van der Waals surface area contributed by atoms with Crippen molar-refractivity contribution in [2.75, 3.05) is 221 Å². The van der Waals surface area contributed by atoms with Crippen LogP contribution in [0.15, 0.2) is 91.0 Å². The van der Waals surface area contributed by atoms with Crippen LogP contribution in [-0.4, -0.2) is 378 Å². The number of rotatable bonds is 29. The number of nitrogens with zero attached hydrogens (tertiary/aromatic N) is 22. The molecule has 0 bridgehead atoms. The summed E-state index contributed by atoms with van der Waals surface area (Å²) in [4.78, 5) is 74.2. The predicted molar refractivity (Wildman–Crippen MR) is 544 cm³/mol. The highest BCUT2D eigenvalue weighted by Gasteiger charge is 2.26. The maximum atomic E-state index is 10.8. The zero-order chi connectivity index (χ0) is 95.8. The van der Waals surface area contributed by atoms with E-state index in [-0.39, 0.29) is 5.91 Å². The highest BCUT2D eigenvalue weighted by atomic mass is 16.2. The van der Waals surface area contributed by atoms with Crippen molar-refractivity contribution in [1.82, 2.24) is 124 Å². The molecule has 6 saturated heterocycles. The van der Waals surface area contributed by atoms with Gasteiger partial charge in [-0.1, -0.05) is 70.9 Å². The van der Waals surface area contributed by atoms with E-state index in [1.54, 1.807) is 11.8 Å². The van der Waals surface area contributed by atoms with Crippen molar-refractivity contribution in [2.45, 2.75) is 278 Å². The van der Waals surface area contributed by atoms with E-state index in [2.05, 4.69) is 365 Å². The maximum absolute atomic E-state index is 10.8. The highest BCUT2D eigenvalue weighted by Crippen LogP contribution is 2.19. The van der Waals surface area contributed by atoms with Gasteiger partial charge in [0.15, 0.2) is 0 Å². The van der Waals surface area contributed by atoms with Crippen molar-refractivity contribution in [3.63, 3.8) is 0 Å². The molecule has 0 spiro atoms. The average molecular weight is 1800 g/mol. The fourth-order valence-electron chi connectivity index (χ4n) is 16.0. The lowest BCUT2D eigenvalue weighted by Crippen LogP contribution is -2.45. The molecule has 0 aromatic carbocycles. The number of carbonyl (C=O) groups is 1. The molecule has 0 saturated carbocycles. The summed E-state index contributed by atoms with van der Waals surface area (Å²) >= 11 is 0. The molecule has 129 heavy (non-hydrogen) atoms. The molecule has 0 radical (unpaired) electrons. The summed E-state index contributed by atoms with van der Waals surface area (Å²) in [6, 6.07) is 35.4. The van der Waals surface area contributed by atoms with E-state index in [1.807, 2.05) is 18.2 Å². The van der Waals surface area contributed by atoms with Gasteiger partial charge in [-0.25, -0.2) is 0 Å². The molecule has 0 atom stereocenters. The Kier molecular flexibility index (Phi) is 62.3. The van der Waals surface area contributed by atoms with E-state index in [1.165, 1.54) is 125 Å². The molecule has 11 heterocycles. The second-order valence-electron chi connectivity index (χ2n) is 38.5. The van der Waals surface area contributed by atoms with Crippen LogP contribution in [0.3, 0.4) is 0 Å². The number of hydrogen-bond acceptors (Lipinski definition) is 27. The Bertz CT molecular complexity index is 3380. The molecule has 5 aromatic rings. The third-order valence-corrected chi connectivity index (χ3v) is 23.8. The van der Waals surface area contributed by atoms with E-state index in [0.29, 0.717) is 68.7 Å². The lowest BCUT2D eigenvalue weighted by atomic mass is 10.1. The van der Waals surface area contributed by atoms with Crippen molar-refractivity contribution in [3.05, 3.63) is 148 Å². The zero-order valence-electron chi connectivity index (χ0n) is 87.4. The molecule has 738 valence electrons. The van der Waals surface area contributed by atoms with Crippen LogP contribution < -0.4 is 27.4 Å². The monoisotopic (exact) mass is 1800 g/mol. The van der Waals surface area contributed by atoms with Crippen molar-refractivity contribution < 1.29 is 4.79 Å². The maximum Gasteiger partial charge on any atom is 0.221 e. The minimum atomic E-state index is 0.113. The number of carbonyl (C=O) groups excluding carboxylic acids is 1. The molecule has 0 aliphatic carbocycles. The molecule has 5 aromatic heterocycles. The minimum Gasteiger partial charge on any atom is -0.325 e. The van der Waals surface area contributed by atoms with Gasteiger partial charge in [-0.15, -0.1) is 0 Å². The van der Waals surface area contributed by atoms with Crippen LogP contribution in [0.5, 0.6) is 0 Å². The van der Waals surface area contributed by atoms with Crippen molar-refractivity contribution in [1.29, 1.82) is 0 Å². The van der Waals surface area contributed by atoms with Gasteiger partial charge in [0, 0.05) is 174 Å². The van der Waals surface area contributed by atoms with Crippen LogP contribution in [0.1, 0.15) is 227 Å². The first-order valence-electron chi connectivity index (χ1n) is 49.4. The van der Waals surface area contributed by atoms with Crippen molar-refractivity contribution in [3.8, 4) is 0 Å². The fourth-order valence-corrected chi connectivity index (χ4v) is 16.0. The molecule has 11 rings (SSSR count). The Hall–Kier alpha value is -5.62. The van der Waals surface area contributed by atoms with Crippen LogP contribution in [0.2, 0.25) is 0 Å². The molecular formula is C101H193N27O. The molecule has 6 aliphatic rings. The summed E-state index contributed by atoms with van der Waals surface area (Å²) in [6.07, 6.45) is 8.22. The second kappa shape index (κ2) is 68.4. The molecule has 1 amide bonds. The van der Waals surface area contributed by atoms with Gasteiger partial charge in [0.1, 0.15) is 0 Å². The number of piperidine rings is 2. The average Bonchev–Trinajstić information content (AvgIpc) is 1.86. The quantitative estimate of drug-likeness (QED) is 0.0300. The van der Waals surface area contributed by atoms with Crippen LogP contribution >= 0.6 is 0 Å². The van der Waals surface area contributed by atoms with Gasteiger partial charge < -0.3 is 31.5 Å². The van der Waals surface area contributed by atoms with Gasteiger partial charge in [-0.3, -0.25) is 109 Å². The first kappa shape index (κ1) is 118. The smallest absolute Gasteiger partial charge is 0.221 e. The van der Waals surface area contributed by atoms with Crippen molar-refractivity contribution >= 4 is 5.91 Å². The molecular weight excluding hydrogens is 1610 g/mol. The topological polar surface area (TPSA) is 225 Å². The van der Waals surface area contributed by atoms with Gasteiger partial charge in [-0.05, 0) is 299 Å². The Morgan fingerprint density at radius 2 is 0.636 bits per heavy atom.